The van der Waals surface area contributed by atoms with Crippen molar-refractivity contribution in [1.82, 2.24) is 9.88 Å². The molecule has 0 aliphatic carbocycles. The van der Waals surface area contributed by atoms with Gasteiger partial charge in [-0.3, -0.25) is 4.79 Å². The molecule has 0 radical (unpaired) electrons. The van der Waals surface area contributed by atoms with Gasteiger partial charge in [0.05, 0.1) is 19.2 Å². The van der Waals surface area contributed by atoms with Gasteiger partial charge in [-0.2, -0.15) is 0 Å². The van der Waals surface area contributed by atoms with Crippen molar-refractivity contribution in [2.75, 3.05) is 38.2 Å². The van der Waals surface area contributed by atoms with Crippen molar-refractivity contribution in [2.24, 2.45) is 0 Å². The summed E-state index contributed by atoms with van der Waals surface area (Å²) < 4.78 is 5.42. The summed E-state index contributed by atoms with van der Waals surface area (Å²) in [6.45, 7) is 3.17. The second-order valence-corrected chi connectivity index (χ2v) is 5.44. The minimum atomic E-state index is 0.194. The molecule has 0 atom stereocenters. The van der Waals surface area contributed by atoms with E-state index in [2.05, 4.69) is 16.0 Å². The maximum Gasteiger partial charge on any atom is 0.227 e. The third kappa shape index (κ3) is 3.08. The van der Waals surface area contributed by atoms with Crippen molar-refractivity contribution < 1.29 is 9.53 Å². The molecule has 1 aromatic heterocycles. The van der Waals surface area contributed by atoms with E-state index in [4.69, 9.17) is 4.74 Å². The van der Waals surface area contributed by atoms with E-state index in [-0.39, 0.29) is 5.91 Å². The van der Waals surface area contributed by atoms with Crippen LogP contribution in [0, 0.1) is 0 Å². The van der Waals surface area contributed by atoms with E-state index in [0.29, 0.717) is 6.42 Å². The van der Waals surface area contributed by atoms with Gasteiger partial charge in [0.25, 0.3) is 0 Å². The van der Waals surface area contributed by atoms with Crippen LogP contribution in [0.5, 0.6) is 5.75 Å². The van der Waals surface area contributed by atoms with Crippen LogP contribution in [0.1, 0.15) is 5.56 Å². The summed E-state index contributed by atoms with van der Waals surface area (Å²) in [5, 5.41) is 0. The molecule has 22 heavy (non-hydrogen) atoms. The van der Waals surface area contributed by atoms with Crippen LogP contribution in [-0.4, -0.2) is 49.1 Å². The van der Waals surface area contributed by atoms with E-state index in [1.807, 2.05) is 41.6 Å². The number of H-pyrrole nitrogens is 1. The van der Waals surface area contributed by atoms with Gasteiger partial charge in [0.2, 0.25) is 5.91 Å². The van der Waals surface area contributed by atoms with Crippen LogP contribution in [0.3, 0.4) is 0 Å². The number of aromatic amines is 1. The Labute approximate surface area is 130 Å². The number of nitrogens with one attached hydrogen (secondary N) is 1. The van der Waals surface area contributed by atoms with Crippen LogP contribution < -0.4 is 9.64 Å². The van der Waals surface area contributed by atoms with E-state index in [1.54, 1.807) is 7.11 Å². The van der Waals surface area contributed by atoms with Crippen molar-refractivity contribution in [3.8, 4) is 5.75 Å². The first-order valence-electron chi connectivity index (χ1n) is 7.55. The third-order valence-electron chi connectivity index (χ3n) is 4.08. The lowest BCUT2D eigenvalue weighted by Gasteiger charge is -2.36. The first kappa shape index (κ1) is 14.5. The molecule has 0 spiro atoms. The SMILES string of the molecule is COc1ccccc1N1CCN(C(=O)Cc2cc[nH]c2)CC1. The Morgan fingerprint density at radius 1 is 1.18 bits per heavy atom. The molecule has 5 heteroatoms. The average molecular weight is 299 g/mol. The largest absolute Gasteiger partial charge is 0.495 e. The van der Waals surface area contributed by atoms with Gasteiger partial charge in [0.1, 0.15) is 5.75 Å². The smallest absolute Gasteiger partial charge is 0.227 e. The molecule has 1 aliphatic heterocycles. The lowest BCUT2D eigenvalue weighted by atomic mass is 10.2. The Morgan fingerprint density at radius 2 is 1.95 bits per heavy atom. The van der Waals surface area contributed by atoms with E-state index in [9.17, 15) is 4.79 Å². The summed E-state index contributed by atoms with van der Waals surface area (Å²) in [6.07, 6.45) is 4.20. The minimum Gasteiger partial charge on any atom is -0.495 e. The lowest BCUT2D eigenvalue weighted by molar-refractivity contribution is -0.130. The molecule has 5 nitrogen and oxygen atoms in total. The predicted molar refractivity (Wildman–Crippen MR) is 86.3 cm³/mol. The lowest BCUT2D eigenvalue weighted by Crippen LogP contribution is -2.49. The summed E-state index contributed by atoms with van der Waals surface area (Å²) in [7, 11) is 1.69. The number of piperazine rings is 1. The second kappa shape index (κ2) is 6.56. The number of carbonyl (C=O) groups is 1. The third-order valence-corrected chi connectivity index (χ3v) is 4.08. The molecule has 2 heterocycles. The number of hydrogen-bond donors (Lipinski definition) is 1. The Hall–Kier alpha value is -2.43. The first-order valence-corrected chi connectivity index (χ1v) is 7.55. The van der Waals surface area contributed by atoms with Gasteiger partial charge in [-0.1, -0.05) is 12.1 Å². The molecule has 1 amide bonds. The van der Waals surface area contributed by atoms with Crippen molar-refractivity contribution in [3.63, 3.8) is 0 Å². The Bertz CT molecular complexity index is 617. The van der Waals surface area contributed by atoms with Crippen LogP contribution >= 0.6 is 0 Å². The maximum absolute atomic E-state index is 12.3. The average Bonchev–Trinajstić information content (AvgIpc) is 3.08. The van der Waals surface area contributed by atoms with Gasteiger partial charge in [0.15, 0.2) is 0 Å². The van der Waals surface area contributed by atoms with E-state index >= 15 is 0 Å². The number of anilines is 1. The van der Waals surface area contributed by atoms with Gasteiger partial charge in [-0.15, -0.1) is 0 Å². The highest BCUT2D eigenvalue weighted by Gasteiger charge is 2.22. The highest BCUT2D eigenvalue weighted by Crippen LogP contribution is 2.28. The standard InChI is InChI=1S/C17H21N3O2/c1-22-16-5-3-2-4-15(16)19-8-10-20(11-9-19)17(21)12-14-6-7-18-13-14/h2-7,13,18H,8-12H2,1H3. The number of benzene rings is 1. The Kier molecular flexibility index (Phi) is 4.32. The molecular weight excluding hydrogens is 278 g/mol. The molecule has 0 bridgehead atoms. The molecule has 116 valence electrons. The highest BCUT2D eigenvalue weighted by molar-refractivity contribution is 5.79. The van der Waals surface area contributed by atoms with Gasteiger partial charge in [-0.05, 0) is 23.8 Å². The molecule has 3 rings (SSSR count). The maximum atomic E-state index is 12.3. The summed E-state index contributed by atoms with van der Waals surface area (Å²) in [4.78, 5) is 19.5. The van der Waals surface area contributed by atoms with E-state index < -0.39 is 0 Å². The number of carbonyl (C=O) groups excluding carboxylic acids is 1. The number of ether oxygens (including phenoxy) is 1. The van der Waals surface area contributed by atoms with Gasteiger partial charge in [-0.25, -0.2) is 0 Å². The number of amides is 1. The number of rotatable bonds is 4. The topological polar surface area (TPSA) is 48.6 Å². The summed E-state index contributed by atoms with van der Waals surface area (Å²) in [5.41, 5.74) is 2.14. The summed E-state index contributed by atoms with van der Waals surface area (Å²) in [5.74, 6) is 1.08. The normalized spacial score (nSPS) is 15.0. The molecule has 0 saturated carbocycles. The van der Waals surface area contributed by atoms with Crippen molar-refractivity contribution in [2.45, 2.75) is 6.42 Å². The monoisotopic (exact) mass is 299 g/mol. The molecule has 0 unspecified atom stereocenters. The first-order chi connectivity index (χ1) is 10.8. The molecule has 2 aromatic rings. The zero-order valence-corrected chi connectivity index (χ0v) is 12.8. The summed E-state index contributed by atoms with van der Waals surface area (Å²) in [6, 6.07) is 9.97. The predicted octanol–water partition coefficient (Wildman–Crippen LogP) is 1.91. The summed E-state index contributed by atoms with van der Waals surface area (Å²) >= 11 is 0. The van der Waals surface area contributed by atoms with Crippen molar-refractivity contribution >= 4 is 11.6 Å². The van der Waals surface area contributed by atoms with Crippen LogP contribution in [0.4, 0.5) is 5.69 Å². The molecule has 1 saturated heterocycles. The molecular formula is C17H21N3O2. The van der Waals surface area contributed by atoms with Gasteiger partial charge >= 0.3 is 0 Å². The van der Waals surface area contributed by atoms with Gasteiger partial charge < -0.3 is 19.5 Å². The number of aromatic nitrogens is 1. The molecule has 1 N–H and O–H groups in total. The number of methoxy groups -OCH3 is 1. The van der Waals surface area contributed by atoms with E-state index in [0.717, 1.165) is 43.2 Å². The fraction of sp³-hybridized carbons (Fsp3) is 0.353. The number of para-hydroxylation sites is 2. The number of hydrogen-bond acceptors (Lipinski definition) is 3. The fourth-order valence-corrected chi connectivity index (χ4v) is 2.84. The minimum absolute atomic E-state index is 0.194. The highest BCUT2D eigenvalue weighted by atomic mass is 16.5. The Morgan fingerprint density at radius 3 is 2.64 bits per heavy atom. The zero-order valence-electron chi connectivity index (χ0n) is 12.8. The zero-order chi connectivity index (χ0) is 15.4. The van der Waals surface area contributed by atoms with Crippen LogP contribution in [-0.2, 0) is 11.2 Å². The molecule has 1 fully saturated rings. The number of nitrogens with zero attached hydrogens (tertiary/aromatic N) is 2. The van der Waals surface area contributed by atoms with Crippen LogP contribution in [0.25, 0.3) is 0 Å². The van der Waals surface area contributed by atoms with Gasteiger partial charge in [0, 0.05) is 38.6 Å². The quantitative estimate of drug-likeness (QED) is 0.938. The second-order valence-electron chi connectivity index (χ2n) is 5.44. The van der Waals surface area contributed by atoms with Crippen LogP contribution in [0.2, 0.25) is 0 Å². The fourth-order valence-electron chi connectivity index (χ4n) is 2.84. The molecule has 1 aliphatic rings. The Balaban J connectivity index is 1.59. The van der Waals surface area contributed by atoms with Crippen molar-refractivity contribution in [3.05, 3.63) is 48.3 Å². The van der Waals surface area contributed by atoms with Crippen molar-refractivity contribution in [1.29, 1.82) is 0 Å². The molecule has 1 aromatic carbocycles. The van der Waals surface area contributed by atoms with Crippen LogP contribution in [0.15, 0.2) is 42.7 Å². The van der Waals surface area contributed by atoms with E-state index in [1.165, 1.54) is 0 Å².